The second-order valence-electron chi connectivity index (χ2n) is 9.76. The fraction of sp³-hybridized carbons (Fsp3) is 0.414. The van der Waals surface area contributed by atoms with E-state index in [9.17, 15) is 4.79 Å². The number of piperidine rings is 1. The first-order valence-corrected chi connectivity index (χ1v) is 13.4. The lowest BCUT2D eigenvalue weighted by atomic mass is 9.99. The van der Waals surface area contributed by atoms with Gasteiger partial charge in [0, 0.05) is 39.9 Å². The maximum absolute atomic E-state index is 13.4. The average molecular weight is 507 g/mol. The summed E-state index contributed by atoms with van der Waals surface area (Å²) in [5.41, 5.74) is 2.72. The molecule has 2 aliphatic rings. The second-order valence-corrected chi connectivity index (χ2v) is 11.0. The highest BCUT2D eigenvalue weighted by Gasteiger charge is 2.26. The van der Waals surface area contributed by atoms with Gasteiger partial charge in [-0.2, -0.15) is 0 Å². The van der Waals surface area contributed by atoms with E-state index >= 15 is 0 Å². The van der Waals surface area contributed by atoms with Gasteiger partial charge in [0.05, 0.1) is 20.3 Å². The van der Waals surface area contributed by atoms with Crippen LogP contribution in [0.15, 0.2) is 48.5 Å². The monoisotopic (exact) mass is 506 g/mol. The van der Waals surface area contributed by atoms with Crippen molar-refractivity contribution in [1.29, 1.82) is 0 Å². The highest BCUT2D eigenvalue weighted by molar-refractivity contribution is 7.15. The Morgan fingerprint density at radius 3 is 2.69 bits per heavy atom. The minimum Gasteiger partial charge on any atom is -0.497 e. The third-order valence-electron chi connectivity index (χ3n) is 6.95. The molecule has 1 amide bonds. The topological polar surface area (TPSA) is 51.2 Å². The Bertz CT molecular complexity index is 1210. The van der Waals surface area contributed by atoms with Crippen molar-refractivity contribution in [2.24, 2.45) is 5.92 Å². The van der Waals surface area contributed by atoms with Crippen LogP contribution in [0.2, 0.25) is 0 Å². The molecule has 1 fully saturated rings. The Labute approximate surface area is 217 Å². The molecular weight excluding hydrogens is 472 g/mol. The van der Waals surface area contributed by atoms with Crippen molar-refractivity contribution < 1.29 is 19.0 Å². The number of nitrogens with zero attached hydrogens (tertiary/aromatic N) is 2. The predicted octanol–water partition coefficient (Wildman–Crippen LogP) is 5.49. The number of hydrogen-bond donors (Lipinski definition) is 0. The first-order valence-electron chi connectivity index (χ1n) is 12.6. The summed E-state index contributed by atoms with van der Waals surface area (Å²) in [7, 11) is 3.80. The molecule has 0 saturated carbocycles. The highest BCUT2D eigenvalue weighted by Crippen LogP contribution is 2.40. The molecule has 7 heteroatoms. The van der Waals surface area contributed by atoms with Gasteiger partial charge in [0.1, 0.15) is 12.4 Å². The molecule has 0 radical (unpaired) electrons. The minimum absolute atomic E-state index is 0.0146. The number of rotatable bonds is 6. The van der Waals surface area contributed by atoms with Crippen LogP contribution in [0.3, 0.4) is 0 Å². The van der Waals surface area contributed by atoms with Crippen LogP contribution in [0.1, 0.15) is 33.6 Å². The van der Waals surface area contributed by atoms with Gasteiger partial charge >= 0.3 is 0 Å². The number of carbonyl (C=O) groups excluding carboxylic acids is 1. The van der Waals surface area contributed by atoms with Crippen LogP contribution in [-0.2, 0) is 6.54 Å². The Morgan fingerprint density at radius 2 is 1.97 bits per heavy atom. The van der Waals surface area contributed by atoms with Gasteiger partial charge in [-0.25, -0.2) is 0 Å². The highest BCUT2D eigenvalue weighted by atomic mass is 32.1. The minimum atomic E-state index is -0.0146. The number of thiophene rings is 1. The number of hydrogen-bond acceptors (Lipinski definition) is 6. The molecule has 36 heavy (non-hydrogen) atoms. The fourth-order valence-electron chi connectivity index (χ4n) is 5.03. The maximum atomic E-state index is 13.4. The summed E-state index contributed by atoms with van der Waals surface area (Å²) in [6, 6.07) is 15.8. The molecule has 3 aromatic rings. The summed E-state index contributed by atoms with van der Waals surface area (Å²) in [6.07, 6.45) is 2.39. The second kappa shape index (κ2) is 10.9. The van der Waals surface area contributed by atoms with E-state index in [1.807, 2.05) is 29.2 Å². The zero-order valence-corrected chi connectivity index (χ0v) is 22.1. The van der Waals surface area contributed by atoms with E-state index in [4.69, 9.17) is 14.2 Å². The zero-order valence-electron chi connectivity index (χ0n) is 21.3. The van der Waals surface area contributed by atoms with E-state index < -0.39 is 0 Å². The van der Waals surface area contributed by atoms with Crippen molar-refractivity contribution in [1.82, 2.24) is 9.80 Å². The van der Waals surface area contributed by atoms with Gasteiger partial charge < -0.3 is 24.0 Å². The van der Waals surface area contributed by atoms with Crippen molar-refractivity contribution >= 4 is 17.2 Å². The van der Waals surface area contributed by atoms with Gasteiger partial charge in [-0.3, -0.25) is 4.79 Å². The van der Waals surface area contributed by atoms with Crippen LogP contribution in [0.25, 0.3) is 10.4 Å². The standard InChI is InChI=1S/C29H34N2O4S/c1-20-6-11-27(36-20)23-15-24-18-31(29(32)22-7-9-25(33-3)10-8-22)13-14-34-28(24)26(16-23)35-19-21-5-4-12-30(2)17-21/h6-11,15-16,21H,4-5,12-14,17-19H2,1-3H3. The van der Waals surface area contributed by atoms with Crippen LogP contribution in [0, 0.1) is 12.8 Å². The number of likely N-dealkylation sites (tertiary alicyclic amines) is 1. The van der Waals surface area contributed by atoms with Crippen LogP contribution < -0.4 is 14.2 Å². The van der Waals surface area contributed by atoms with Crippen molar-refractivity contribution in [2.75, 3.05) is 47.0 Å². The SMILES string of the molecule is COc1ccc(C(=O)N2CCOc3c(cc(-c4ccc(C)s4)cc3OCC3CCCN(C)C3)C2)cc1. The quantitative estimate of drug-likeness (QED) is 0.443. The third kappa shape index (κ3) is 5.52. The number of methoxy groups -OCH3 is 1. The predicted molar refractivity (Wildman–Crippen MR) is 143 cm³/mol. The molecule has 0 spiro atoms. The molecular formula is C29H34N2O4S. The summed E-state index contributed by atoms with van der Waals surface area (Å²) in [6.45, 7) is 6.40. The summed E-state index contributed by atoms with van der Waals surface area (Å²) >= 11 is 1.76. The van der Waals surface area contributed by atoms with Crippen LogP contribution in [-0.4, -0.2) is 62.7 Å². The van der Waals surface area contributed by atoms with Crippen LogP contribution in [0.4, 0.5) is 0 Å². The smallest absolute Gasteiger partial charge is 0.254 e. The molecule has 2 aromatic carbocycles. The molecule has 1 atom stereocenters. The van der Waals surface area contributed by atoms with Crippen molar-refractivity contribution in [2.45, 2.75) is 26.3 Å². The Morgan fingerprint density at radius 1 is 1.14 bits per heavy atom. The molecule has 1 aromatic heterocycles. The molecule has 1 unspecified atom stereocenters. The molecule has 0 bridgehead atoms. The van der Waals surface area contributed by atoms with Crippen molar-refractivity contribution in [3.63, 3.8) is 0 Å². The first-order chi connectivity index (χ1) is 17.5. The van der Waals surface area contributed by atoms with Crippen LogP contribution >= 0.6 is 11.3 Å². The molecule has 6 nitrogen and oxygen atoms in total. The Balaban J connectivity index is 1.43. The normalized spacial score (nSPS) is 18.2. The maximum Gasteiger partial charge on any atom is 0.254 e. The number of carbonyl (C=O) groups is 1. The van der Waals surface area contributed by atoms with Gasteiger partial charge in [-0.15, -0.1) is 11.3 Å². The number of amides is 1. The van der Waals surface area contributed by atoms with E-state index in [0.29, 0.717) is 37.8 Å². The first kappa shape index (κ1) is 24.7. The van der Waals surface area contributed by atoms with E-state index in [-0.39, 0.29) is 5.91 Å². The molecule has 1 saturated heterocycles. The third-order valence-corrected chi connectivity index (χ3v) is 8.00. The summed E-state index contributed by atoms with van der Waals surface area (Å²) < 4.78 is 17.9. The van der Waals surface area contributed by atoms with E-state index in [0.717, 1.165) is 41.5 Å². The number of benzene rings is 2. The van der Waals surface area contributed by atoms with E-state index in [2.05, 4.69) is 43.1 Å². The van der Waals surface area contributed by atoms with Crippen LogP contribution in [0.5, 0.6) is 17.2 Å². The lowest BCUT2D eigenvalue weighted by Crippen LogP contribution is -2.34. The van der Waals surface area contributed by atoms with Crippen molar-refractivity contribution in [3.05, 3.63) is 64.5 Å². The van der Waals surface area contributed by atoms with Gasteiger partial charge in [-0.05, 0) is 87.5 Å². The summed E-state index contributed by atoms with van der Waals surface area (Å²) in [4.78, 5) is 20.1. The molecule has 0 N–H and O–H groups in total. The zero-order chi connectivity index (χ0) is 25.1. The van der Waals surface area contributed by atoms with E-state index in [1.54, 1.807) is 18.4 Å². The molecule has 5 rings (SSSR count). The molecule has 2 aliphatic heterocycles. The molecule has 190 valence electrons. The summed E-state index contributed by atoms with van der Waals surface area (Å²) in [5, 5.41) is 0. The summed E-state index contributed by atoms with van der Waals surface area (Å²) in [5.74, 6) is 2.77. The van der Waals surface area contributed by atoms with E-state index in [1.165, 1.54) is 22.6 Å². The lowest BCUT2D eigenvalue weighted by Gasteiger charge is -2.29. The number of ether oxygens (including phenoxy) is 3. The molecule has 0 aliphatic carbocycles. The number of aryl methyl sites for hydroxylation is 1. The largest absolute Gasteiger partial charge is 0.497 e. The van der Waals surface area contributed by atoms with Gasteiger partial charge in [0.2, 0.25) is 0 Å². The van der Waals surface area contributed by atoms with Gasteiger partial charge in [0.25, 0.3) is 5.91 Å². The fourth-order valence-corrected chi connectivity index (χ4v) is 5.88. The van der Waals surface area contributed by atoms with Gasteiger partial charge in [0.15, 0.2) is 11.5 Å². The average Bonchev–Trinajstić information content (AvgIpc) is 3.21. The Hall–Kier alpha value is -3.03. The number of fused-ring (bicyclic) bond motifs is 1. The Kier molecular flexibility index (Phi) is 7.48. The molecule has 3 heterocycles. The lowest BCUT2D eigenvalue weighted by molar-refractivity contribution is 0.0733. The van der Waals surface area contributed by atoms with Gasteiger partial charge in [-0.1, -0.05) is 0 Å². The van der Waals surface area contributed by atoms with Crippen molar-refractivity contribution in [3.8, 4) is 27.7 Å².